The first kappa shape index (κ1) is 25.7. The van der Waals surface area contributed by atoms with E-state index in [4.69, 9.17) is 11.6 Å². The summed E-state index contributed by atoms with van der Waals surface area (Å²) in [5.74, 6) is 1.11. The third-order valence-corrected chi connectivity index (χ3v) is 6.85. The molecule has 0 saturated heterocycles. The molecule has 1 aromatic heterocycles. The number of benzene rings is 3. The number of nitrogens with one attached hydrogen (secondary N) is 1. The number of nitrogens with zero attached hydrogens (tertiary/aromatic N) is 3. The van der Waals surface area contributed by atoms with Gasteiger partial charge in [-0.1, -0.05) is 114 Å². The number of anilines is 1. The van der Waals surface area contributed by atoms with Gasteiger partial charge in [-0.2, -0.15) is 0 Å². The molecule has 36 heavy (non-hydrogen) atoms. The molecule has 0 aliphatic carbocycles. The summed E-state index contributed by atoms with van der Waals surface area (Å²) in [6, 6.07) is 32.7. The fraction of sp³-hybridized carbons (Fsp3) is 0.207. The van der Waals surface area contributed by atoms with Crippen molar-refractivity contribution in [2.75, 3.05) is 24.2 Å². The second kappa shape index (κ2) is 13.1. The number of rotatable bonds is 11. The normalized spacial score (nSPS) is 10.9. The van der Waals surface area contributed by atoms with Gasteiger partial charge in [0.2, 0.25) is 5.91 Å². The van der Waals surface area contributed by atoms with Gasteiger partial charge < -0.3 is 10.2 Å². The van der Waals surface area contributed by atoms with Crippen LogP contribution in [0.4, 0.5) is 5.82 Å². The lowest BCUT2D eigenvalue weighted by molar-refractivity contribution is -0.118. The van der Waals surface area contributed by atoms with Gasteiger partial charge in [-0.15, -0.1) is 0 Å². The molecule has 4 rings (SSSR count). The van der Waals surface area contributed by atoms with Crippen molar-refractivity contribution in [2.24, 2.45) is 0 Å². The fourth-order valence-electron chi connectivity index (χ4n) is 4.02. The van der Waals surface area contributed by atoms with Gasteiger partial charge in [0.25, 0.3) is 0 Å². The van der Waals surface area contributed by atoms with Crippen LogP contribution >= 0.6 is 23.4 Å². The number of hydrogen-bond acceptors (Lipinski definition) is 5. The minimum Gasteiger partial charge on any atom is -0.355 e. The summed E-state index contributed by atoms with van der Waals surface area (Å²) in [7, 11) is 1.96. The van der Waals surface area contributed by atoms with E-state index in [1.54, 1.807) is 6.07 Å². The highest BCUT2D eigenvalue weighted by Gasteiger charge is 2.15. The molecule has 0 spiro atoms. The van der Waals surface area contributed by atoms with Crippen molar-refractivity contribution in [2.45, 2.75) is 24.0 Å². The number of amides is 1. The van der Waals surface area contributed by atoms with E-state index in [-0.39, 0.29) is 17.6 Å². The third-order valence-electron chi connectivity index (χ3n) is 5.81. The molecule has 0 fully saturated rings. The van der Waals surface area contributed by atoms with E-state index in [1.165, 1.54) is 28.5 Å². The van der Waals surface area contributed by atoms with Crippen LogP contribution < -0.4 is 10.2 Å². The van der Waals surface area contributed by atoms with Gasteiger partial charge in [0, 0.05) is 32.1 Å². The zero-order chi connectivity index (χ0) is 25.2. The summed E-state index contributed by atoms with van der Waals surface area (Å²) in [4.78, 5) is 23.5. The Bertz CT molecular complexity index is 1200. The molecule has 4 aromatic rings. The number of halogens is 1. The second-order valence-corrected chi connectivity index (χ2v) is 9.80. The molecule has 0 saturated carbocycles. The molecule has 1 N–H and O–H groups in total. The average molecular weight is 517 g/mol. The van der Waals surface area contributed by atoms with Gasteiger partial charge in [-0.3, -0.25) is 4.79 Å². The molecular formula is C29H29ClN4OS. The summed E-state index contributed by atoms with van der Waals surface area (Å²) in [5, 5.41) is 3.89. The van der Waals surface area contributed by atoms with E-state index in [0.29, 0.717) is 23.4 Å². The van der Waals surface area contributed by atoms with Crippen molar-refractivity contribution >= 4 is 35.1 Å². The summed E-state index contributed by atoms with van der Waals surface area (Å²) >= 11 is 7.54. The first-order valence-electron chi connectivity index (χ1n) is 11.9. The largest absolute Gasteiger partial charge is 0.355 e. The lowest BCUT2D eigenvalue weighted by Gasteiger charge is -2.19. The number of thioether (sulfide) groups is 1. The molecule has 0 aliphatic rings. The minimum atomic E-state index is -0.0531. The molecule has 3 aromatic carbocycles. The van der Waals surface area contributed by atoms with Crippen molar-refractivity contribution in [1.29, 1.82) is 0 Å². The number of aromatic nitrogens is 2. The second-order valence-electron chi connectivity index (χ2n) is 8.47. The predicted octanol–water partition coefficient (Wildman–Crippen LogP) is 6.20. The average Bonchev–Trinajstić information content (AvgIpc) is 2.91. The number of hydrogen-bond donors (Lipinski definition) is 1. The Balaban J connectivity index is 1.31. The summed E-state index contributed by atoms with van der Waals surface area (Å²) in [6.45, 7) is 1.28. The Kier molecular flexibility index (Phi) is 9.36. The van der Waals surface area contributed by atoms with E-state index < -0.39 is 0 Å². The van der Waals surface area contributed by atoms with Crippen LogP contribution in [0.2, 0.25) is 5.15 Å². The Morgan fingerprint density at radius 3 is 2.11 bits per heavy atom. The van der Waals surface area contributed by atoms with Crippen LogP contribution in [0.3, 0.4) is 0 Å². The van der Waals surface area contributed by atoms with Crippen LogP contribution in [-0.2, 0) is 11.3 Å². The van der Waals surface area contributed by atoms with Gasteiger partial charge in [0.05, 0.1) is 5.75 Å². The van der Waals surface area contributed by atoms with Crippen LogP contribution in [0.15, 0.2) is 102 Å². The molecule has 1 heterocycles. The SMILES string of the molecule is CN(Cc1ccccc1)c1cc(Cl)nc(SCC(=O)NCCC(c2ccccc2)c2ccccc2)n1. The molecule has 5 nitrogen and oxygen atoms in total. The summed E-state index contributed by atoms with van der Waals surface area (Å²) in [5.41, 5.74) is 3.66. The standard InChI is InChI=1S/C29H29ClN4OS/c1-34(20-22-11-5-2-6-12-22)27-19-26(30)32-29(33-27)36-21-28(35)31-18-17-25(23-13-7-3-8-14-23)24-15-9-4-10-16-24/h2-16,19,25H,17-18,20-21H2,1H3,(H,31,35). The molecular weight excluding hydrogens is 488 g/mol. The quantitative estimate of drug-likeness (QED) is 0.146. The van der Waals surface area contributed by atoms with Crippen molar-refractivity contribution in [3.63, 3.8) is 0 Å². The zero-order valence-electron chi connectivity index (χ0n) is 20.2. The predicted molar refractivity (Wildman–Crippen MR) is 149 cm³/mol. The summed E-state index contributed by atoms with van der Waals surface area (Å²) in [6.07, 6.45) is 0.812. The van der Waals surface area contributed by atoms with Crippen LogP contribution in [0.1, 0.15) is 29.0 Å². The lowest BCUT2D eigenvalue weighted by Crippen LogP contribution is -2.27. The van der Waals surface area contributed by atoms with Crippen LogP contribution in [-0.4, -0.2) is 35.2 Å². The molecule has 184 valence electrons. The highest BCUT2D eigenvalue weighted by atomic mass is 35.5. The monoisotopic (exact) mass is 516 g/mol. The van der Waals surface area contributed by atoms with Crippen molar-refractivity contribution in [1.82, 2.24) is 15.3 Å². The Morgan fingerprint density at radius 2 is 1.50 bits per heavy atom. The molecule has 7 heteroatoms. The van der Waals surface area contributed by atoms with E-state index in [0.717, 1.165) is 12.2 Å². The molecule has 1 amide bonds. The third kappa shape index (κ3) is 7.57. The number of carbonyl (C=O) groups is 1. The Morgan fingerprint density at radius 1 is 0.917 bits per heavy atom. The van der Waals surface area contributed by atoms with Crippen molar-refractivity contribution < 1.29 is 4.79 Å². The van der Waals surface area contributed by atoms with E-state index in [1.807, 2.05) is 42.3 Å². The molecule has 0 unspecified atom stereocenters. The lowest BCUT2D eigenvalue weighted by atomic mass is 9.88. The fourth-order valence-corrected chi connectivity index (χ4v) is 4.93. The molecule has 0 bridgehead atoms. The van der Waals surface area contributed by atoms with E-state index >= 15 is 0 Å². The van der Waals surface area contributed by atoms with Gasteiger partial charge in [-0.05, 0) is 23.1 Å². The van der Waals surface area contributed by atoms with Gasteiger partial charge in [0.15, 0.2) is 5.16 Å². The smallest absolute Gasteiger partial charge is 0.230 e. The first-order valence-corrected chi connectivity index (χ1v) is 13.2. The van der Waals surface area contributed by atoms with Gasteiger partial charge in [0.1, 0.15) is 11.0 Å². The molecule has 0 atom stereocenters. The molecule has 0 radical (unpaired) electrons. The Labute approximate surface area is 221 Å². The number of carbonyl (C=O) groups excluding carboxylic acids is 1. The molecule has 0 aliphatic heterocycles. The van der Waals surface area contributed by atoms with E-state index in [2.05, 4.69) is 75.9 Å². The zero-order valence-corrected chi connectivity index (χ0v) is 21.8. The Hall–Kier alpha value is -3.35. The highest BCUT2D eigenvalue weighted by molar-refractivity contribution is 7.99. The highest BCUT2D eigenvalue weighted by Crippen LogP contribution is 2.27. The maximum atomic E-state index is 12.6. The first-order chi connectivity index (χ1) is 17.6. The van der Waals surface area contributed by atoms with Crippen molar-refractivity contribution in [3.8, 4) is 0 Å². The van der Waals surface area contributed by atoms with Gasteiger partial charge >= 0.3 is 0 Å². The van der Waals surface area contributed by atoms with E-state index in [9.17, 15) is 4.79 Å². The summed E-state index contributed by atoms with van der Waals surface area (Å²) < 4.78 is 0. The van der Waals surface area contributed by atoms with Crippen LogP contribution in [0, 0.1) is 0 Å². The minimum absolute atomic E-state index is 0.0531. The van der Waals surface area contributed by atoms with Gasteiger partial charge in [-0.25, -0.2) is 9.97 Å². The maximum absolute atomic E-state index is 12.6. The maximum Gasteiger partial charge on any atom is 0.230 e. The van der Waals surface area contributed by atoms with Crippen LogP contribution in [0.25, 0.3) is 0 Å². The van der Waals surface area contributed by atoms with Crippen LogP contribution in [0.5, 0.6) is 0 Å². The topological polar surface area (TPSA) is 58.1 Å². The van der Waals surface area contributed by atoms with Crippen molar-refractivity contribution in [3.05, 3.63) is 119 Å².